The standard InChI is InChI=1S/C9H7BrN2OS/c1-13-6-2-3-7(8(10)4-6)9-12-11-5-14-9/h2-5H,1H3. The van der Waals surface area contributed by atoms with Crippen LogP contribution in [-0.4, -0.2) is 17.3 Å². The molecule has 1 aromatic heterocycles. The first kappa shape index (κ1) is 9.61. The van der Waals surface area contributed by atoms with E-state index in [-0.39, 0.29) is 0 Å². The summed E-state index contributed by atoms with van der Waals surface area (Å²) in [7, 11) is 1.65. The maximum absolute atomic E-state index is 5.10. The lowest BCUT2D eigenvalue weighted by atomic mass is 10.2. The molecule has 0 N–H and O–H groups in total. The zero-order valence-corrected chi connectivity index (χ0v) is 9.80. The van der Waals surface area contributed by atoms with Gasteiger partial charge in [-0.05, 0) is 34.1 Å². The first-order valence-corrected chi connectivity index (χ1v) is 5.58. The summed E-state index contributed by atoms with van der Waals surface area (Å²) in [5.41, 5.74) is 2.75. The van der Waals surface area contributed by atoms with E-state index < -0.39 is 0 Å². The van der Waals surface area contributed by atoms with Gasteiger partial charge in [-0.3, -0.25) is 0 Å². The predicted molar refractivity (Wildman–Crippen MR) is 59.6 cm³/mol. The molecule has 0 aliphatic rings. The first-order valence-electron chi connectivity index (χ1n) is 3.91. The quantitative estimate of drug-likeness (QED) is 0.842. The average Bonchev–Trinajstić information content (AvgIpc) is 2.70. The van der Waals surface area contributed by atoms with Crippen LogP contribution in [0.25, 0.3) is 10.6 Å². The number of rotatable bonds is 2. The average molecular weight is 271 g/mol. The third-order valence-electron chi connectivity index (χ3n) is 1.77. The molecule has 72 valence electrons. The van der Waals surface area contributed by atoms with Gasteiger partial charge in [0.05, 0.1) is 7.11 Å². The summed E-state index contributed by atoms with van der Waals surface area (Å²) < 4.78 is 6.07. The molecule has 0 bridgehead atoms. The summed E-state index contributed by atoms with van der Waals surface area (Å²) in [6.45, 7) is 0. The highest BCUT2D eigenvalue weighted by atomic mass is 79.9. The minimum absolute atomic E-state index is 0.824. The third kappa shape index (κ3) is 1.78. The van der Waals surface area contributed by atoms with Crippen molar-refractivity contribution < 1.29 is 4.74 Å². The van der Waals surface area contributed by atoms with E-state index in [2.05, 4.69) is 26.1 Å². The Morgan fingerprint density at radius 3 is 2.86 bits per heavy atom. The van der Waals surface area contributed by atoms with Crippen LogP contribution in [0.3, 0.4) is 0 Å². The van der Waals surface area contributed by atoms with Gasteiger partial charge >= 0.3 is 0 Å². The summed E-state index contributed by atoms with van der Waals surface area (Å²) in [5.74, 6) is 0.824. The molecule has 2 aromatic rings. The molecule has 0 unspecified atom stereocenters. The molecule has 0 spiro atoms. The van der Waals surface area contributed by atoms with Gasteiger partial charge < -0.3 is 4.74 Å². The van der Waals surface area contributed by atoms with E-state index in [1.165, 1.54) is 11.3 Å². The normalized spacial score (nSPS) is 10.1. The molecule has 0 atom stereocenters. The third-order valence-corrected chi connectivity index (χ3v) is 3.15. The maximum atomic E-state index is 5.10. The highest BCUT2D eigenvalue weighted by molar-refractivity contribution is 9.10. The SMILES string of the molecule is COc1ccc(-c2nncs2)c(Br)c1. The second-order valence-electron chi connectivity index (χ2n) is 2.59. The lowest BCUT2D eigenvalue weighted by Crippen LogP contribution is -1.84. The van der Waals surface area contributed by atoms with E-state index in [4.69, 9.17) is 4.74 Å². The number of aromatic nitrogens is 2. The molecule has 0 amide bonds. The van der Waals surface area contributed by atoms with Gasteiger partial charge in [-0.2, -0.15) is 0 Å². The number of benzene rings is 1. The van der Waals surface area contributed by atoms with Crippen molar-refractivity contribution in [1.82, 2.24) is 10.2 Å². The van der Waals surface area contributed by atoms with Crippen LogP contribution < -0.4 is 4.74 Å². The lowest BCUT2D eigenvalue weighted by molar-refractivity contribution is 0.414. The highest BCUT2D eigenvalue weighted by Gasteiger charge is 2.06. The Kier molecular flexibility index (Phi) is 2.79. The van der Waals surface area contributed by atoms with Gasteiger partial charge in [0.2, 0.25) is 0 Å². The molecule has 0 aliphatic heterocycles. The molecule has 0 saturated heterocycles. The largest absolute Gasteiger partial charge is 0.497 e. The Morgan fingerprint density at radius 2 is 2.29 bits per heavy atom. The summed E-state index contributed by atoms with van der Waals surface area (Å²) in [4.78, 5) is 0. The Labute approximate surface area is 93.9 Å². The van der Waals surface area contributed by atoms with Crippen molar-refractivity contribution in [3.8, 4) is 16.3 Å². The van der Waals surface area contributed by atoms with Gasteiger partial charge in [-0.15, -0.1) is 10.2 Å². The number of ether oxygens (including phenoxy) is 1. The number of methoxy groups -OCH3 is 1. The number of hydrogen-bond acceptors (Lipinski definition) is 4. The summed E-state index contributed by atoms with van der Waals surface area (Å²) in [6.07, 6.45) is 0. The van der Waals surface area contributed by atoms with Crippen molar-refractivity contribution >= 4 is 27.3 Å². The van der Waals surface area contributed by atoms with Crippen LogP contribution >= 0.6 is 27.3 Å². The lowest BCUT2D eigenvalue weighted by Gasteiger charge is -2.03. The monoisotopic (exact) mass is 270 g/mol. The molecule has 5 heteroatoms. The Balaban J connectivity index is 2.46. The molecular formula is C9H7BrN2OS. The van der Waals surface area contributed by atoms with E-state index in [9.17, 15) is 0 Å². The summed E-state index contributed by atoms with van der Waals surface area (Å²) >= 11 is 4.98. The van der Waals surface area contributed by atoms with Crippen LogP contribution in [-0.2, 0) is 0 Å². The van der Waals surface area contributed by atoms with Gasteiger partial charge in [-0.1, -0.05) is 11.3 Å². The van der Waals surface area contributed by atoms with E-state index in [0.29, 0.717) is 0 Å². The van der Waals surface area contributed by atoms with Gasteiger partial charge in [-0.25, -0.2) is 0 Å². The van der Waals surface area contributed by atoms with E-state index in [1.807, 2.05) is 18.2 Å². The molecule has 0 fully saturated rings. The van der Waals surface area contributed by atoms with Crippen molar-refractivity contribution in [2.75, 3.05) is 7.11 Å². The maximum Gasteiger partial charge on any atom is 0.148 e. The van der Waals surface area contributed by atoms with Crippen LogP contribution in [0.4, 0.5) is 0 Å². The van der Waals surface area contributed by atoms with Gasteiger partial charge in [0.25, 0.3) is 0 Å². The van der Waals surface area contributed by atoms with Gasteiger partial charge in [0, 0.05) is 10.0 Å². The van der Waals surface area contributed by atoms with Crippen LogP contribution in [0.2, 0.25) is 0 Å². The molecule has 0 saturated carbocycles. The number of hydrogen-bond donors (Lipinski definition) is 0. The Morgan fingerprint density at radius 1 is 1.43 bits per heavy atom. The van der Waals surface area contributed by atoms with E-state index in [1.54, 1.807) is 12.6 Å². The fourth-order valence-corrected chi connectivity index (χ4v) is 2.36. The van der Waals surface area contributed by atoms with E-state index >= 15 is 0 Å². The molecule has 1 aromatic carbocycles. The van der Waals surface area contributed by atoms with Crippen LogP contribution in [0.5, 0.6) is 5.75 Å². The van der Waals surface area contributed by atoms with Crippen molar-refractivity contribution in [3.05, 3.63) is 28.2 Å². The predicted octanol–water partition coefficient (Wildman–Crippen LogP) is 2.98. The highest BCUT2D eigenvalue weighted by Crippen LogP contribution is 2.31. The molecule has 1 heterocycles. The second-order valence-corrected chi connectivity index (χ2v) is 4.28. The Hall–Kier alpha value is -0.940. The van der Waals surface area contributed by atoms with Crippen molar-refractivity contribution in [3.63, 3.8) is 0 Å². The fraction of sp³-hybridized carbons (Fsp3) is 0.111. The van der Waals surface area contributed by atoms with Crippen LogP contribution in [0, 0.1) is 0 Å². The molecule has 0 radical (unpaired) electrons. The van der Waals surface area contributed by atoms with Gasteiger partial charge in [0.1, 0.15) is 16.3 Å². The second kappa shape index (κ2) is 4.06. The molecular weight excluding hydrogens is 264 g/mol. The zero-order valence-electron chi connectivity index (χ0n) is 7.40. The minimum Gasteiger partial charge on any atom is -0.497 e. The smallest absolute Gasteiger partial charge is 0.148 e. The fourth-order valence-electron chi connectivity index (χ4n) is 1.09. The van der Waals surface area contributed by atoms with Crippen LogP contribution in [0.15, 0.2) is 28.2 Å². The molecule has 3 nitrogen and oxygen atoms in total. The zero-order chi connectivity index (χ0) is 9.97. The summed E-state index contributed by atoms with van der Waals surface area (Å²) in [5, 5.41) is 8.70. The van der Waals surface area contributed by atoms with Crippen molar-refractivity contribution in [2.45, 2.75) is 0 Å². The topological polar surface area (TPSA) is 35.0 Å². The minimum atomic E-state index is 0.824. The molecule has 2 rings (SSSR count). The first-order chi connectivity index (χ1) is 6.81. The van der Waals surface area contributed by atoms with Crippen LogP contribution in [0.1, 0.15) is 0 Å². The van der Waals surface area contributed by atoms with E-state index in [0.717, 1.165) is 20.8 Å². The van der Waals surface area contributed by atoms with Crippen molar-refractivity contribution in [1.29, 1.82) is 0 Å². The number of nitrogens with zero attached hydrogens (tertiary/aromatic N) is 2. The number of halogens is 1. The molecule has 0 aliphatic carbocycles. The molecule has 14 heavy (non-hydrogen) atoms. The van der Waals surface area contributed by atoms with Crippen molar-refractivity contribution in [2.24, 2.45) is 0 Å². The van der Waals surface area contributed by atoms with Gasteiger partial charge in [0.15, 0.2) is 0 Å². The summed E-state index contributed by atoms with van der Waals surface area (Å²) in [6, 6.07) is 5.78. The Bertz CT molecular complexity index is 430.